The van der Waals surface area contributed by atoms with Gasteiger partial charge in [-0.3, -0.25) is 4.40 Å². The molecule has 0 radical (unpaired) electrons. The van der Waals surface area contributed by atoms with E-state index in [0.29, 0.717) is 13.1 Å². The highest BCUT2D eigenvalue weighted by Gasteiger charge is 2.05. The summed E-state index contributed by atoms with van der Waals surface area (Å²) in [6.45, 7) is 4.80. The lowest BCUT2D eigenvalue weighted by molar-refractivity contribution is 0.765. The Morgan fingerprint density at radius 2 is 1.86 bits per heavy atom. The molecule has 3 aromatic heterocycles. The van der Waals surface area contributed by atoms with Crippen LogP contribution >= 0.6 is 0 Å². The molecule has 1 aromatic carbocycles. The number of nitrogens with zero attached hydrogens (tertiary/aromatic N) is 6. The van der Waals surface area contributed by atoms with Crippen LogP contribution in [-0.2, 0) is 19.6 Å². The number of nitrogens with one attached hydrogen (secondary N) is 2. The minimum atomic E-state index is 0.543. The lowest BCUT2D eigenvalue weighted by Gasteiger charge is -2.11. The number of imidazole rings is 1. The fourth-order valence-corrected chi connectivity index (χ4v) is 3.03. The van der Waals surface area contributed by atoms with Gasteiger partial charge < -0.3 is 15.2 Å². The Morgan fingerprint density at radius 1 is 1.00 bits per heavy atom. The van der Waals surface area contributed by atoms with E-state index in [-0.39, 0.29) is 0 Å². The molecule has 0 fully saturated rings. The predicted molar refractivity (Wildman–Crippen MR) is 112 cm³/mol. The SMILES string of the molecule is CCNC(=NCc1ccc(Cn2ccnc2)cc1)NCc1nnc2ccccn12. The molecule has 2 N–H and O–H groups in total. The molecule has 29 heavy (non-hydrogen) atoms. The molecule has 4 aromatic rings. The summed E-state index contributed by atoms with van der Waals surface area (Å²) in [5.41, 5.74) is 3.23. The summed E-state index contributed by atoms with van der Waals surface area (Å²) in [4.78, 5) is 8.77. The van der Waals surface area contributed by atoms with E-state index in [9.17, 15) is 0 Å². The van der Waals surface area contributed by atoms with Gasteiger partial charge in [-0.05, 0) is 30.2 Å². The topological polar surface area (TPSA) is 84.4 Å². The molecular weight excluding hydrogens is 364 g/mol. The van der Waals surface area contributed by atoms with E-state index in [4.69, 9.17) is 4.99 Å². The molecule has 0 unspecified atom stereocenters. The van der Waals surface area contributed by atoms with Gasteiger partial charge in [-0.15, -0.1) is 10.2 Å². The van der Waals surface area contributed by atoms with Gasteiger partial charge in [0, 0.05) is 31.7 Å². The number of hydrogen-bond donors (Lipinski definition) is 2. The first-order chi connectivity index (χ1) is 14.3. The Morgan fingerprint density at radius 3 is 2.66 bits per heavy atom. The third-order valence-corrected chi connectivity index (χ3v) is 4.51. The fourth-order valence-electron chi connectivity index (χ4n) is 3.03. The van der Waals surface area contributed by atoms with Gasteiger partial charge in [-0.2, -0.15) is 0 Å². The molecule has 0 aliphatic carbocycles. The summed E-state index contributed by atoms with van der Waals surface area (Å²) in [6.07, 6.45) is 7.54. The Kier molecular flexibility index (Phi) is 5.80. The van der Waals surface area contributed by atoms with Gasteiger partial charge in [0.15, 0.2) is 17.4 Å². The van der Waals surface area contributed by atoms with Crippen molar-refractivity contribution in [2.45, 2.75) is 26.6 Å². The van der Waals surface area contributed by atoms with Gasteiger partial charge in [-0.25, -0.2) is 9.98 Å². The number of pyridine rings is 1. The van der Waals surface area contributed by atoms with Crippen molar-refractivity contribution in [1.82, 2.24) is 34.8 Å². The number of aromatic nitrogens is 5. The Labute approximate surface area is 169 Å². The summed E-state index contributed by atoms with van der Waals surface area (Å²) >= 11 is 0. The molecular formula is C21H24N8. The normalized spacial score (nSPS) is 11.7. The van der Waals surface area contributed by atoms with Crippen LogP contribution in [0.4, 0.5) is 0 Å². The molecule has 0 saturated carbocycles. The lowest BCUT2D eigenvalue weighted by atomic mass is 10.1. The van der Waals surface area contributed by atoms with Crippen LogP contribution in [-0.4, -0.2) is 36.7 Å². The average Bonchev–Trinajstić information content (AvgIpc) is 3.41. The molecule has 0 aliphatic rings. The van der Waals surface area contributed by atoms with E-state index < -0.39 is 0 Å². The van der Waals surface area contributed by atoms with Crippen molar-refractivity contribution >= 4 is 11.6 Å². The fraction of sp³-hybridized carbons (Fsp3) is 0.238. The van der Waals surface area contributed by atoms with Crippen LogP contribution in [0.1, 0.15) is 23.9 Å². The zero-order valence-electron chi connectivity index (χ0n) is 16.4. The van der Waals surface area contributed by atoms with Gasteiger partial charge in [0.25, 0.3) is 0 Å². The van der Waals surface area contributed by atoms with Crippen molar-refractivity contribution in [3.05, 3.63) is 84.3 Å². The second kappa shape index (κ2) is 9.01. The second-order valence-electron chi connectivity index (χ2n) is 6.65. The van der Waals surface area contributed by atoms with Crippen molar-refractivity contribution in [1.29, 1.82) is 0 Å². The minimum absolute atomic E-state index is 0.543. The van der Waals surface area contributed by atoms with Crippen LogP contribution in [0.25, 0.3) is 5.65 Å². The van der Waals surface area contributed by atoms with Gasteiger partial charge in [0.05, 0.1) is 19.4 Å². The van der Waals surface area contributed by atoms with Gasteiger partial charge >= 0.3 is 0 Å². The van der Waals surface area contributed by atoms with E-state index in [1.807, 2.05) is 41.3 Å². The summed E-state index contributed by atoms with van der Waals surface area (Å²) in [5.74, 6) is 1.60. The highest BCUT2D eigenvalue weighted by Crippen LogP contribution is 2.08. The number of benzene rings is 1. The van der Waals surface area contributed by atoms with Crippen molar-refractivity contribution in [3.8, 4) is 0 Å². The van der Waals surface area contributed by atoms with Crippen LogP contribution in [0.2, 0.25) is 0 Å². The highest BCUT2D eigenvalue weighted by atomic mass is 15.3. The molecule has 3 heterocycles. The zero-order chi connectivity index (χ0) is 19.9. The summed E-state index contributed by atoms with van der Waals surface area (Å²) in [5, 5.41) is 15.0. The quantitative estimate of drug-likeness (QED) is 0.375. The first-order valence-corrected chi connectivity index (χ1v) is 9.66. The van der Waals surface area contributed by atoms with Gasteiger partial charge in [-0.1, -0.05) is 30.3 Å². The Bertz CT molecular complexity index is 1060. The summed E-state index contributed by atoms with van der Waals surface area (Å²) < 4.78 is 4.02. The standard InChI is InChI=1S/C21H24N8/c1-2-23-21(25-14-20-27-26-19-5-3-4-11-29(19)20)24-13-17-6-8-18(9-7-17)15-28-12-10-22-16-28/h3-12,16H,2,13-15H2,1H3,(H2,23,24,25). The van der Waals surface area contributed by atoms with E-state index in [0.717, 1.165) is 36.1 Å². The largest absolute Gasteiger partial charge is 0.357 e. The molecule has 8 nitrogen and oxygen atoms in total. The van der Waals surface area contributed by atoms with E-state index in [1.54, 1.807) is 6.20 Å². The van der Waals surface area contributed by atoms with Crippen molar-refractivity contribution in [3.63, 3.8) is 0 Å². The van der Waals surface area contributed by atoms with Crippen LogP contribution in [0.3, 0.4) is 0 Å². The monoisotopic (exact) mass is 388 g/mol. The average molecular weight is 388 g/mol. The predicted octanol–water partition coefficient (Wildman–Crippen LogP) is 2.23. The maximum Gasteiger partial charge on any atom is 0.191 e. The van der Waals surface area contributed by atoms with Crippen LogP contribution in [0.5, 0.6) is 0 Å². The smallest absolute Gasteiger partial charge is 0.191 e. The summed E-state index contributed by atoms with van der Waals surface area (Å²) in [6, 6.07) is 14.4. The molecule has 0 atom stereocenters. The molecule has 0 amide bonds. The number of guanidine groups is 1. The molecule has 0 saturated heterocycles. The number of aliphatic imine (C=N–C) groups is 1. The molecule has 0 spiro atoms. The third kappa shape index (κ3) is 4.78. The molecule has 8 heteroatoms. The number of hydrogen-bond acceptors (Lipinski definition) is 4. The molecule has 0 bridgehead atoms. The van der Waals surface area contributed by atoms with E-state index >= 15 is 0 Å². The Balaban J connectivity index is 1.37. The van der Waals surface area contributed by atoms with Crippen molar-refractivity contribution < 1.29 is 0 Å². The first-order valence-electron chi connectivity index (χ1n) is 9.66. The van der Waals surface area contributed by atoms with Crippen LogP contribution in [0.15, 0.2) is 72.4 Å². The van der Waals surface area contributed by atoms with Crippen LogP contribution in [0, 0.1) is 0 Å². The van der Waals surface area contributed by atoms with Crippen molar-refractivity contribution in [2.75, 3.05) is 6.54 Å². The maximum atomic E-state index is 4.69. The highest BCUT2D eigenvalue weighted by molar-refractivity contribution is 5.79. The third-order valence-electron chi connectivity index (χ3n) is 4.51. The first kappa shape index (κ1) is 18.7. The molecule has 0 aliphatic heterocycles. The number of fused-ring (bicyclic) bond motifs is 1. The Hall–Kier alpha value is -3.68. The lowest BCUT2D eigenvalue weighted by Crippen LogP contribution is -2.37. The van der Waals surface area contributed by atoms with Gasteiger partial charge in [0.2, 0.25) is 0 Å². The molecule has 4 rings (SSSR count). The minimum Gasteiger partial charge on any atom is -0.357 e. The van der Waals surface area contributed by atoms with E-state index in [1.165, 1.54) is 5.56 Å². The van der Waals surface area contributed by atoms with E-state index in [2.05, 4.69) is 61.6 Å². The maximum absolute atomic E-state index is 4.69. The second-order valence-corrected chi connectivity index (χ2v) is 6.65. The van der Waals surface area contributed by atoms with Crippen molar-refractivity contribution in [2.24, 2.45) is 4.99 Å². The molecule has 148 valence electrons. The van der Waals surface area contributed by atoms with Gasteiger partial charge in [0.1, 0.15) is 0 Å². The summed E-state index contributed by atoms with van der Waals surface area (Å²) in [7, 11) is 0. The number of rotatable bonds is 7. The zero-order valence-corrected chi connectivity index (χ0v) is 16.4. The van der Waals surface area contributed by atoms with Crippen LogP contribution < -0.4 is 10.6 Å².